The number of nitrogens with one attached hydrogen (secondary N) is 1. The van der Waals surface area contributed by atoms with E-state index in [2.05, 4.69) is 48.3 Å². The van der Waals surface area contributed by atoms with E-state index < -0.39 is 23.8 Å². The van der Waals surface area contributed by atoms with Crippen LogP contribution in [0.3, 0.4) is 0 Å². The molecule has 1 unspecified atom stereocenters. The van der Waals surface area contributed by atoms with Crippen LogP contribution in [0.25, 0.3) is 11.4 Å². The van der Waals surface area contributed by atoms with Crippen molar-refractivity contribution in [3.8, 4) is 23.2 Å². The highest BCUT2D eigenvalue weighted by molar-refractivity contribution is 5.88. The van der Waals surface area contributed by atoms with Gasteiger partial charge in [0, 0.05) is 56.1 Å². The van der Waals surface area contributed by atoms with Gasteiger partial charge in [0.1, 0.15) is 29.9 Å². The first-order valence-corrected chi connectivity index (χ1v) is 15.4. The molecule has 1 aromatic heterocycles. The maximum atomic E-state index is 15.0. The molecule has 4 aliphatic rings. The summed E-state index contributed by atoms with van der Waals surface area (Å²) < 4.78 is 26.3. The Morgan fingerprint density at radius 2 is 1.87 bits per heavy atom. The van der Waals surface area contributed by atoms with Crippen LogP contribution in [0.1, 0.15) is 24.8 Å². The van der Waals surface area contributed by atoms with Gasteiger partial charge in [-0.25, -0.2) is 14.4 Å². The number of hydrogen-bond acceptors (Lipinski definition) is 11. The van der Waals surface area contributed by atoms with Gasteiger partial charge in [0.05, 0.1) is 31.4 Å². The van der Waals surface area contributed by atoms with Gasteiger partial charge in [0.25, 0.3) is 5.91 Å². The number of carbonyl (C=O) groups excluding carboxylic acids is 1. The van der Waals surface area contributed by atoms with Crippen LogP contribution >= 0.6 is 0 Å². The summed E-state index contributed by atoms with van der Waals surface area (Å²) in [5, 5.41) is 23.2. The molecule has 0 spiro atoms. The summed E-state index contributed by atoms with van der Waals surface area (Å²) in [5.41, 5.74) is 1.48. The predicted molar refractivity (Wildman–Crippen MR) is 163 cm³/mol. The van der Waals surface area contributed by atoms with Crippen molar-refractivity contribution in [3.05, 3.63) is 54.4 Å². The predicted octanol–water partition coefficient (Wildman–Crippen LogP) is 2.52. The number of piperazine rings is 1. The standard InChI is InChI=1S/C32H35FN8O4/c33-26-17-41(30(42)32(43)8-9-32)10-7-28(26)45-27-6-1-21(15-22(27)16-34)29-35-20-36-31(38-29)37-23-2-4-24(5-3-23)39-11-13-40(14-12-39)25-18-44-19-25/h1-6,15,20,25-26,28,43H,7-14,17-19H2,(H,35,36,37,38)/t26-,28?/m1/s1. The first kappa shape index (κ1) is 29.3. The molecular formula is C32H35FN8O4. The molecule has 2 aromatic carbocycles. The van der Waals surface area contributed by atoms with Crippen molar-refractivity contribution in [1.82, 2.24) is 24.8 Å². The number of nitrogens with zero attached hydrogens (tertiary/aromatic N) is 7. The lowest BCUT2D eigenvalue weighted by Gasteiger charge is -2.43. The van der Waals surface area contributed by atoms with Crippen molar-refractivity contribution >= 4 is 23.2 Å². The number of anilines is 3. The van der Waals surface area contributed by atoms with E-state index in [1.807, 2.05) is 12.1 Å². The van der Waals surface area contributed by atoms with Crippen molar-refractivity contribution in [2.75, 3.05) is 62.7 Å². The van der Waals surface area contributed by atoms with E-state index in [-0.39, 0.29) is 30.8 Å². The third kappa shape index (κ3) is 6.26. The van der Waals surface area contributed by atoms with Crippen molar-refractivity contribution in [2.24, 2.45) is 0 Å². The van der Waals surface area contributed by atoms with E-state index in [9.17, 15) is 15.2 Å². The van der Waals surface area contributed by atoms with Crippen LogP contribution in [-0.2, 0) is 9.53 Å². The number of benzene rings is 2. The summed E-state index contributed by atoms with van der Waals surface area (Å²) >= 11 is 0. The van der Waals surface area contributed by atoms with E-state index in [4.69, 9.17) is 9.47 Å². The average molecular weight is 615 g/mol. The van der Waals surface area contributed by atoms with Gasteiger partial charge < -0.3 is 29.7 Å². The Hall–Kier alpha value is -4.38. The molecule has 12 nitrogen and oxygen atoms in total. The summed E-state index contributed by atoms with van der Waals surface area (Å²) in [6.45, 7) is 5.85. The van der Waals surface area contributed by atoms with E-state index in [1.165, 1.54) is 16.9 Å². The molecule has 4 heterocycles. The number of likely N-dealkylation sites (tertiary alicyclic amines) is 1. The Balaban J connectivity index is 0.969. The second kappa shape index (κ2) is 12.2. The van der Waals surface area contributed by atoms with Crippen LogP contribution in [0, 0.1) is 11.3 Å². The first-order chi connectivity index (χ1) is 21.9. The third-order valence-corrected chi connectivity index (χ3v) is 9.04. The third-order valence-electron chi connectivity index (χ3n) is 9.04. The van der Waals surface area contributed by atoms with Crippen LogP contribution in [0.5, 0.6) is 5.75 Å². The minimum atomic E-state index is -1.44. The molecule has 1 amide bonds. The molecular weight excluding hydrogens is 579 g/mol. The molecule has 7 rings (SSSR count). The lowest BCUT2D eigenvalue weighted by atomic mass is 10.0. The molecule has 2 N–H and O–H groups in total. The first-order valence-electron chi connectivity index (χ1n) is 15.4. The normalized spacial score (nSPS) is 23.1. The number of ether oxygens (including phenoxy) is 2. The zero-order chi connectivity index (χ0) is 31.0. The molecule has 2 atom stereocenters. The lowest BCUT2D eigenvalue weighted by Crippen LogP contribution is -2.56. The molecule has 3 saturated heterocycles. The number of rotatable bonds is 8. The van der Waals surface area contributed by atoms with E-state index in [0.29, 0.717) is 36.2 Å². The maximum Gasteiger partial charge on any atom is 0.254 e. The van der Waals surface area contributed by atoms with Gasteiger partial charge in [-0.3, -0.25) is 9.69 Å². The van der Waals surface area contributed by atoms with Crippen molar-refractivity contribution in [1.29, 1.82) is 5.26 Å². The fraction of sp³-hybridized carbons (Fsp3) is 0.469. The molecule has 45 heavy (non-hydrogen) atoms. The highest BCUT2D eigenvalue weighted by atomic mass is 19.1. The van der Waals surface area contributed by atoms with E-state index in [0.717, 1.165) is 45.1 Å². The number of hydrogen-bond donors (Lipinski definition) is 2. The highest BCUT2D eigenvalue weighted by Gasteiger charge is 2.51. The minimum Gasteiger partial charge on any atom is -0.486 e. The van der Waals surface area contributed by atoms with Crippen molar-refractivity contribution in [3.63, 3.8) is 0 Å². The second-order valence-electron chi connectivity index (χ2n) is 12.1. The maximum absolute atomic E-state index is 15.0. The SMILES string of the molecule is N#Cc1cc(-c2ncnc(Nc3ccc(N4CCN(C5COC5)CC4)cc3)n2)ccc1OC1CCN(C(=O)C2(O)CC2)C[C@H]1F. The quantitative estimate of drug-likeness (QED) is 0.387. The van der Waals surface area contributed by atoms with Crippen LogP contribution < -0.4 is 15.0 Å². The average Bonchev–Trinajstić information content (AvgIpc) is 3.80. The molecule has 3 aliphatic heterocycles. The van der Waals surface area contributed by atoms with E-state index in [1.54, 1.807) is 18.2 Å². The van der Waals surface area contributed by atoms with Crippen LogP contribution in [0.15, 0.2) is 48.8 Å². The van der Waals surface area contributed by atoms with Gasteiger partial charge in [-0.1, -0.05) is 0 Å². The lowest BCUT2D eigenvalue weighted by molar-refractivity contribution is -0.146. The summed E-state index contributed by atoms with van der Waals surface area (Å²) in [4.78, 5) is 31.7. The Kier molecular flexibility index (Phi) is 7.95. The molecule has 13 heteroatoms. The number of nitriles is 1. The van der Waals surface area contributed by atoms with Gasteiger partial charge in [0.2, 0.25) is 5.95 Å². The van der Waals surface area contributed by atoms with Gasteiger partial charge in [0.15, 0.2) is 12.0 Å². The van der Waals surface area contributed by atoms with Gasteiger partial charge in [-0.15, -0.1) is 0 Å². The summed E-state index contributed by atoms with van der Waals surface area (Å²) in [6, 6.07) is 15.8. The van der Waals surface area contributed by atoms with Gasteiger partial charge >= 0.3 is 0 Å². The Morgan fingerprint density at radius 1 is 1.09 bits per heavy atom. The molecule has 3 aromatic rings. The van der Waals surface area contributed by atoms with E-state index >= 15 is 4.39 Å². The van der Waals surface area contributed by atoms with Crippen LogP contribution in [0.4, 0.5) is 21.7 Å². The molecule has 234 valence electrons. The smallest absolute Gasteiger partial charge is 0.254 e. The van der Waals surface area contributed by atoms with Gasteiger partial charge in [-0.2, -0.15) is 10.2 Å². The summed E-state index contributed by atoms with van der Waals surface area (Å²) in [7, 11) is 0. The number of halogens is 1. The number of alkyl halides is 1. The highest BCUT2D eigenvalue weighted by Crippen LogP contribution is 2.38. The van der Waals surface area contributed by atoms with Crippen LogP contribution in [-0.4, -0.2) is 112 Å². The summed E-state index contributed by atoms with van der Waals surface area (Å²) in [5.74, 6) is 0.564. The van der Waals surface area contributed by atoms with Gasteiger partial charge in [-0.05, 0) is 55.3 Å². The fourth-order valence-electron chi connectivity index (χ4n) is 6.01. The Labute approximate surface area is 260 Å². The Bertz CT molecular complexity index is 1580. The Morgan fingerprint density at radius 3 is 2.53 bits per heavy atom. The topological polar surface area (TPSA) is 140 Å². The largest absolute Gasteiger partial charge is 0.486 e. The molecule has 1 saturated carbocycles. The number of aromatic nitrogens is 3. The number of carbonyl (C=O) groups is 1. The van der Waals surface area contributed by atoms with Crippen LogP contribution in [0.2, 0.25) is 0 Å². The molecule has 1 aliphatic carbocycles. The number of aliphatic hydroxyl groups is 1. The second-order valence-corrected chi connectivity index (χ2v) is 12.1. The molecule has 0 bridgehead atoms. The number of piperidine rings is 1. The minimum absolute atomic E-state index is 0.150. The van der Waals surface area contributed by atoms with Crippen molar-refractivity contribution < 1.29 is 23.8 Å². The zero-order valence-corrected chi connectivity index (χ0v) is 24.8. The monoisotopic (exact) mass is 614 g/mol. The summed E-state index contributed by atoms with van der Waals surface area (Å²) in [6.07, 6.45) is 0.235. The number of amides is 1. The zero-order valence-electron chi connectivity index (χ0n) is 24.8. The molecule has 0 radical (unpaired) electrons. The molecule has 4 fully saturated rings. The van der Waals surface area contributed by atoms with Crippen molar-refractivity contribution in [2.45, 2.75) is 43.2 Å². The fourth-order valence-corrected chi connectivity index (χ4v) is 6.01.